The number of aliphatic hydroxyl groups excluding tert-OH is 3. The Balaban J connectivity index is 3.08. The summed E-state index contributed by atoms with van der Waals surface area (Å²) in [5.74, 6) is -7.56. The second kappa shape index (κ2) is 21.5. The van der Waals surface area contributed by atoms with Crippen LogP contribution in [0, 0.1) is 11.8 Å². The highest BCUT2D eigenvalue weighted by Gasteiger charge is 2.34. The van der Waals surface area contributed by atoms with Crippen molar-refractivity contribution in [2.24, 2.45) is 17.6 Å². The zero-order valence-corrected chi connectivity index (χ0v) is 30.1. The minimum atomic E-state index is -1.63. The molecule has 8 atom stereocenters. The van der Waals surface area contributed by atoms with Crippen molar-refractivity contribution in [2.75, 3.05) is 13.2 Å². The quantitative estimate of drug-likeness (QED) is 0.0579. The average molecular weight is 740 g/mol. The van der Waals surface area contributed by atoms with Gasteiger partial charge in [-0.1, -0.05) is 39.8 Å². The van der Waals surface area contributed by atoms with E-state index in [-0.39, 0.29) is 24.5 Å². The number of hydrogen-bond acceptors (Lipinski definition) is 12. The number of aromatic hydroxyl groups is 1. The van der Waals surface area contributed by atoms with E-state index in [1.807, 2.05) is 0 Å². The Morgan fingerprint density at radius 2 is 1.21 bits per heavy atom. The van der Waals surface area contributed by atoms with Gasteiger partial charge < -0.3 is 63.2 Å². The fourth-order valence-corrected chi connectivity index (χ4v) is 4.69. The summed E-state index contributed by atoms with van der Waals surface area (Å²) in [6.45, 7) is 7.51. The third kappa shape index (κ3) is 15.2. The monoisotopic (exact) mass is 739 g/mol. The Kier molecular flexibility index (Phi) is 18.7. The Hall–Kier alpha value is -4.85. The van der Waals surface area contributed by atoms with E-state index in [4.69, 9.17) is 5.73 Å². The number of aliphatic hydroxyl groups is 3. The second-order valence-electron chi connectivity index (χ2n) is 13.2. The van der Waals surface area contributed by atoms with Gasteiger partial charge in [0.2, 0.25) is 35.4 Å². The van der Waals surface area contributed by atoms with Gasteiger partial charge >= 0.3 is 5.97 Å². The molecular formula is C33H53N7O12. The van der Waals surface area contributed by atoms with E-state index in [0.29, 0.717) is 5.56 Å². The van der Waals surface area contributed by atoms with Gasteiger partial charge in [0.05, 0.1) is 25.4 Å². The van der Waals surface area contributed by atoms with Crippen LogP contribution in [0.15, 0.2) is 24.3 Å². The van der Waals surface area contributed by atoms with Crippen molar-refractivity contribution >= 4 is 41.4 Å². The smallest absolute Gasteiger partial charge is 0.326 e. The lowest BCUT2D eigenvalue weighted by Gasteiger charge is -2.27. The highest BCUT2D eigenvalue weighted by atomic mass is 16.4. The second-order valence-corrected chi connectivity index (χ2v) is 13.2. The van der Waals surface area contributed by atoms with Crippen LogP contribution in [-0.4, -0.2) is 129 Å². The van der Waals surface area contributed by atoms with Crippen LogP contribution in [0.4, 0.5) is 0 Å². The van der Waals surface area contributed by atoms with Crippen LogP contribution in [0.25, 0.3) is 0 Å². The van der Waals surface area contributed by atoms with Crippen molar-refractivity contribution in [3.05, 3.63) is 29.8 Å². The summed E-state index contributed by atoms with van der Waals surface area (Å²) < 4.78 is 0. The minimum absolute atomic E-state index is 0.0706. The lowest BCUT2D eigenvalue weighted by molar-refractivity contribution is -0.143. The highest BCUT2D eigenvalue weighted by Crippen LogP contribution is 2.12. The fourth-order valence-electron chi connectivity index (χ4n) is 4.69. The molecule has 6 amide bonds. The zero-order chi connectivity index (χ0) is 39.9. The van der Waals surface area contributed by atoms with E-state index in [2.05, 4.69) is 31.9 Å². The number of carbonyl (C=O) groups excluding carboxylic acids is 6. The van der Waals surface area contributed by atoms with E-state index < -0.39 is 109 Å². The SMILES string of the molecule is CC(C)C[C@H](NC(=O)[C@@H](NC(=O)[C@H](Cc1ccc(O)cc1)NC(=O)CNC(=O)[C@H](CO)NC(=O)[C@@H](NC(=O)[C@@H](N)[C@@H](C)O)C(C)C)[C@@H](C)O)C(=O)O. The standard InChI is InChI=1S/C33H53N7O12/c1-15(2)11-22(33(51)52)37-32(50)27(18(6)43)40-29(47)21(12-19-7-9-20(44)10-8-19)36-24(45)13-35-28(46)23(14-41)38-31(49)26(16(3)4)39-30(48)25(34)17(5)42/h7-10,15-18,21-23,25-27,41-44H,11-14,34H2,1-6H3,(H,35,46)(H,36,45)(H,37,50)(H,38,49)(H,39,48)(H,40,47)(H,51,52)/t17-,18-,21+,22+,23+,25+,26+,27+/m1/s1. The zero-order valence-electron chi connectivity index (χ0n) is 30.1. The Labute approximate surface area is 301 Å². The predicted molar refractivity (Wildman–Crippen MR) is 185 cm³/mol. The molecule has 1 aromatic rings. The number of hydrogen-bond donors (Lipinski definition) is 12. The number of phenolic OH excluding ortho intramolecular Hbond substituents is 1. The van der Waals surface area contributed by atoms with Gasteiger partial charge in [-0.2, -0.15) is 0 Å². The Morgan fingerprint density at radius 3 is 1.69 bits per heavy atom. The Morgan fingerprint density at radius 1 is 0.673 bits per heavy atom. The molecule has 0 radical (unpaired) electrons. The molecule has 0 aliphatic heterocycles. The van der Waals surface area contributed by atoms with Crippen molar-refractivity contribution in [1.82, 2.24) is 31.9 Å². The summed E-state index contributed by atoms with van der Waals surface area (Å²) in [5, 5.41) is 62.8. The molecule has 0 aliphatic rings. The van der Waals surface area contributed by atoms with Crippen LogP contribution < -0.4 is 37.6 Å². The maximum absolute atomic E-state index is 13.5. The number of carboxylic acid groups (broad SMARTS) is 1. The van der Waals surface area contributed by atoms with Gasteiger partial charge in [0.1, 0.15) is 42.0 Å². The van der Waals surface area contributed by atoms with E-state index >= 15 is 0 Å². The van der Waals surface area contributed by atoms with Crippen LogP contribution in [0.5, 0.6) is 5.75 Å². The number of rotatable bonds is 21. The summed E-state index contributed by atoms with van der Waals surface area (Å²) in [4.78, 5) is 89.2. The predicted octanol–water partition coefficient (Wildman–Crippen LogP) is -3.66. The number of benzene rings is 1. The first-order valence-electron chi connectivity index (χ1n) is 16.7. The van der Waals surface area contributed by atoms with Crippen LogP contribution in [-0.2, 0) is 40.0 Å². The van der Waals surface area contributed by atoms with Crippen molar-refractivity contribution in [3.63, 3.8) is 0 Å². The third-order valence-electron chi connectivity index (χ3n) is 7.72. The first kappa shape index (κ1) is 45.2. The van der Waals surface area contributed by atoms with Gasteiger partial charge in [0, 0.05) is 6.42 Å². The maximum atomic E-state index is 13.5. The average Bonchev–Trinajstić information content (AvgIpc) is 3.06. The number of nitrogens with two attached hydrogens (primary N) is 1. The van der Waals surface area contributed by atoms with Crippen molar-refractivity contribution in [3.8, 4) is 5.75 Å². The van der Waals surface area contributed by atoms with Gasteiger partial charge in [-0.3, -0.25) is 28.8 Å². The van der Waals surface area contributed by atoms with Crippen LogP contribution >= 0.6 is 0 Å². The van der Waals surface area contributed by atoms with E-state index in [1.54, 1.807) is 27.7 Å². The molecule has 1 rings (SSSR count). The minimum Gasteiger partial charge on any atom is -0.508 e. The lowest BCUT2D eigenvalue weighted by Crippen LogP contribution is -2.60. The molecule has 19 nitrogen and oxygen atoms in total. The molecule has 292 valence electrons. The molecule has 0 saturated heterocycles. The molecule has 0 spiro atoms. The number of carboxylic acids is 1. The molecule has 0 saturated carbocycles. The Bertz CT molecular complexity index is 1390. The van der Waals surface area contributed by atoms with Gasteiger partial charge in [0.15, 0.2) is 0 Å². The molecule has 0 heterocycles. The normalized spacial score (nSPS) is 15.8. The molecular weight excluding hydrogens is 686 g/mol. The van der Waals surface area contributed by atoms with Crippen LogP contribution in [0.1, 0.15) is 53.5 Å². The molecule has 0 aliphatic carbocycles. The topological polar surface area (TPSA) is 319 Å². The van der Waals surface area contributed by atoms with Crippen LogP contribution in [0.3, 0.4) is 0 Å². The van der Waals surface area contributed by atoms with Crippen molar-refractivity contribution in [2.45, 2.75) is 103 Å². The molecule has 19 heteroatoms. The first-order chi connectivity index (χ1) is 24.2. The maximum Gasteiger partial charge on any atom is 0.326 e. The van der Waals surface area contributed by atoms with Gasteiger partial charge in [-0.05, 0) is 49.8 Å². The first-order valence-corrected chi connectivity index (χ1v) is 16.7. The molecule has 0 aromatic heterocycles. The summed E-state index contributed by atoms with van der Waals surface area (Å²) >= 11 is 0. The van der Waals surface area contributed by atoms with Gasteiger partial charge in [0.25, 0.3) is 0 Å². The number of amides is 6. The summed E-state index contributed by atoms with van der Waals surface area (Å²) in [7, 11) is 0. The van der Waals surface area contributed by atoms with Crippen LogP contribution in [0.2, 0.25) is 0 Å². The van der Waals surface area contributed by atoms with Crippen molar-refractivity contribution < 1.29 is 59.1 Å². The largest absolute Gasteiger partial charge is 0.508 e. The number of aliphatic carboxylic acids is 1. The molecule has 0 bridgehead atoms. The van der Waals surface area contributed by atoms with E-state index in [0.717, 1.165) is 0 Å². The number of carbonyl (C=O) groups is 7. The lowest BCUT2D eigenvalue weighted by atomic mass is 10.0. The molecule has 52 heavy (non-hydrogen) atoms. The highest BCUT2D eigenvalue weighted by molar-refractivity contribution is 5.96. The molecule has 13 N–H and O–H groups in total. The van der Waals surface area contributed by atoms with Gasteiger partial charge in [-0.15, -0.1) is 0 Å². The summed E-state index contributed by atoms with van der Waals surface area (Å²) in [5.41, 5.74) is 6.08. The summed E-state index contributed by atoms with van der Waals surface area (Å²) in [6, 6.07) is -2.89. The summed E-state index contributed by atoms with van der Waals surface area (Å²) in [6.07, 6.45) is -2.83. The van der Waals surface area contributed by atoms with E-state index in [9.17, 15) is 59.1 Å². The fraction of sp³-hybridized carbons (Fsp3) is 0.606. The molecule has 0 unspecified atom stereocenters. The van der Waals surface area contributed by atoms with Gasteiger partial charge in [-0.25, -0.2) is 4.79 Å². The third-order valence-corrected chi connectivity index (χ3v) is 7.72. The molecule has 0 fully saturated rings. The number of nitrogens with one attached hydrogen (secondary N) is 6. The van der Waals surface area contributed by atoms with Crippen molar-refractivity contribution in [1.29, 1.82) is 0 Å². The molecule has 1 aromatic carbocycles. The number of phenols is 1. The van der Waals surface area contributed by atoms with E-state index in [1.165, 1.54) is 38.1 Å².